The van der Waals surface area contributed by atoms with Gasteiger partial charge in [0.2, 0.25) is 0 Å². The third-order valence-corrected chi connectivity index (χ3v) is 9.26. The summed E-state index contributed by atoms with van der Waals surface area (Å²) in [5.74, 6) is -0.577. The molecule has 40 heavy (non-hydrogen) atoms. The molecule has 0 saturated carbocycles. The average molecular weight is 631 g/mol. The molecular formula is C28H28BrN3O7S. The van der Waals surface area contributed by atoms with Gasteiger partial charge < -0.3 is 19.3 Å². The molecule has 0 spiro atoms. The largest absolute Gasteiger partial charge is 0.496 e. The van der Waals surface area contributed by atoms with Gasteiger partial charge in [0.1, 0.15) is 16.7 Å². The lowest BCUT2D eigenvalue weighted by molar-refractivity contribution is -0.0752. The minimum absolute atomic E-state index is 0.0783. The van der Waals surface area contributed by atoms with Crippen molar-refractivity contribution < 1.29 is 24.1 Å². The van der Waals surface area contributed by atoms with Gasteiger partial charge in [0.15, 0.2) is 0 Å². The molecule has 0 bridgehead atoms. The number of benzene rings is 1. The van der Waals surface area contributed by atoms with Gasteiger partial charge >= 0.3 is 11.7 Å². The fourth-order valence-corrected chi connectivity index (χ4v) is 6.61. The van der Waals surface area contributed by atoms with Gasteiger partial charge in [0, 0.05) is 18.8 Å². The molecule has 1 atom stereocenters. The molecule has 0 radical (unpaired) electrons. The number of aryl methyl sites for hydroxylation is 2. The molecular weight excluding hydrogens is 602 g/mol. The number of methoxy groups -OCH3 is 1. The first-order chi connectivity index (χ1) is 19.2. The van der Waals surface area contributed by atoms with Crippen LogP contribution in [0, 0.1) is 13.8 Å². The van der Waals surface area contributed by atoms with Crippen LogP contribution in [0.1, 0.15) is 46.1 Å². The maximum Gasteiger partial charge on any atom is 0.337 e. The number of aromatic nitrogens is 3. The predicted molar refractivity (Wildman–Crippen MR) is 154 cm³/mol. The zero-order valence-corrected chi connectivity index (χ0v) is 24.6. The van der Waals surface area contributed by atoms with Gasteiger partial charge in [0.05, 0.1) is 52.1 Å². The molecule has 4 aromatic rings. The molecule has 1 aliphatic heterocycles. The van der Waals surface area contributed by atoms with Crippen LogP contribution in [0.5, 0.6) is 5.75 Å². The first-order valence-corrected chi connectivity index (χ1v) is 14.3. The minimum atomic E-state index is -1.20. The van der Waals surface area contributed by atoms with Crippen molar-refractivity contribution in [2.24, 2.45) is 0 Å². The molecule has 1 saturated heterocycles. The predicted octanol–water partition coefficient (Wildman–Crippen LogP) is 4.63. The summed E-state index contributed by atoms with van der Waals surface area (Å²) >= 11 is 4.83. The summed E-state index contributed by atoms with van der Waals surface area (Å²) in [7, 11) is 1.58. The molecule has 1 aliphatic rings. The molecule has 1 fully saturated rings. The Morgan fingerprint density at radius 1 is 1.25 bits per heavy atom. The number of halogens is 1. The van der Waals surface area contributed by atoms with Crippen molar-refractivity contribution in [1.29, 1.82) is 0 Å². The van der Waals surface area contributed by atoms with Crippen molar-refractivity contribution in [1.82, 2.24) is 14.1 Å². The molecule has 4 heterocycles. The summed E-state index contributed by atoms with van der Waals surface area (Å²) in [6.45, 7) is 4.62. The van der Waals surface area contributed by atoms with Crippen molar-refractivity contribution in [2.45, 2.75) is 45.4 Å². The molecule has 0 aliphatic carbocycles. The Morgan fingerprint density at radius 2 is 1.98 bits per heavy atom. The van der Waals surface area contributed by atoms with E-state index in [9.17, 15) is 19.5 Å². The number of thiophene rings is 1. The Bertz CT molecular complexity index is 1700. The van der Waals surface area contributed by atoms with E-state index >= 15 is 0 Å². The smallest absolute Gasteiger partial charge is 0.337 e. The van der Waals surface area contributed by atoms with E-state index in [4.69, 9.17) is 14.2 Å². The zero-order valence-electron chi connectivity index (χ0n) is 22.2. The monoisotopic (exact) mass is 629 g/mol. The molecule has 1 N–H and O–H groups in total. The number of aromatic carboxylic acids is 1. The van der Waals surface area contributed by atoms with E-state index in [0.29, 0.717) is 47.6 Å². The van der Waals surface area contributed by atoms with E-state index in [1.807, 2.05) is 24.3 Å². The average Bonchev–Trinajstić information content (AvgIpc) is 3.25. The summed E-state index contributed by atoms with van der Waals surface area (Å²) in [5, 5.41) is 10.0. The van der Waals surface area contributed by atoms with Crippen LogP contribution >= 0.6 is 27.3 Å². The van der Waals surface area contributed by atoms with E-state index in [0.717, 1.165) is 13.9 Å². The highest BCUT2D eigenvalue weighted by Gasteiger charge is 2.28. The highest BCUT2D eigenvalue weighted by Crippen LogP contribution is 2.35. The fraction of sp³-hybridized carbons (Fsp3) is 0.357. The molecule has 10 nitrogen and oxygen atoms in total. The van der Waals surface area contributed by atoms with Gasteiger partial charge in [-0.05, 0) is 60.3 Å². The van der Waals surface area contributed by atoms with Crippen LogP contribution in [-0.2, 0) is 16.0 Å². The Hall–Kier alpha value is -3.32. The summed E-state index contributed by atoms with van der Waals surface area (Å²) in [4.78, 5) is 44.4. The number of fused-ring (bicyclic) bond motifs is 1. The number of rotatable bonds is 8. The van der Waals surface area contributed by atoms with Gasteiger partial charge in [-0.3, -0.25) is 14.3 Å². The van der Waals surface area contributed by atoms with Crippen molar-refractivity contribution in [3.63, 3.8) is 0 Å². The highest BCUT2D eigenvalue weighted by molar-refractivity contribution is 9.11. The number of carboxylic acids is 1. The highest BCUT2D eigenvalue weighted by atomic mass is 79.9. The van der Waals surface area contributed by atoms with Crippen LogP contribution in [0.3, 0.4) is 0 Å². The number of hydrogen-bond donors (Lipinski definition) is 1. The standard InChI is InChI=1S/C28H28BrN3O7S/c1-15-23-25(33)32(17-12-20(27(34)35)16(2)30-13-17)28(36)31(26(23)40-24(15)29)14-22(39-18-8-10-38-11-9-18)19-6-4-5-7-21(19)37-3/h4-7,12-13,18,22H,8-11,14H2,1-3H3,(H,34,35)/t22-/m0/s1. The summed E-state index contributed by atoms with van der Waals surface area (Å²) in [6.07, 6.45) is 2.10. The van der Waals surface area contributed by atoms with Crippen LogP contribution in [0.15, 0.2) is 49.9 Å². The Morgan fingerprint density at radius 3 is 2.67 bits per heavy atom. The fourth-order valence-electron chi connectivity index (χ4n) is 4.93. The van der Waals surface area contributed by atoms with Crippen LogP contribution < -0.4 is 16.0 Å². The number of ether oxygens (including phenoxy) is 3. The third-order valence-electron chi connectivity index (χ3n) is 7.07. The quantitative estimate of drug-likeness (QED) is 0.299. The van der Waals surface area contributed by atoms with Crippen LogP contribution in [0.25, 0.3) is 15.9 Å². The first kappa shape index (κ1) is 28.2. The minimum Gasteiger partial charge on any atom is -0.496 e. The summed E-state index contributed by atoms with van der Waals surface area (Å²) in [5.41, 5.74) is 0.557. The van der Waals surface area contributed by atoms with Crippen molar-refractivity contribution in [2.75, 3.05) is 20.3 Å². The Kier molecular flexibility index (Phi) is 8.22. The first-order valence-electron chi connectivity index (χ1n) is 12.7. The number of pyridine rings is 1. The molecule has 210 valence electrons. The molecule has 12 heteroatoms. The van der Waals surface area contributed by atoms with E-state index in [1.54, 1.807) is 21.0 Å². The molecule has 5 rings (SSSR count). The normalized spacial score (nSPS) is 14.9. The van der Waals surface area contributed by atoms with Crippen LogP contribution in [-0.4, -0.2) is 51.6 Å². The van der Waals surface area contributed by atoms with Gasteiger partial charge in [-0.25, -0.2) is 14.2 Å². The van der Waals surface area contributed by atoms with Crippen LogP contribution in [0.2, 0.25) is 0 Å². The van der Waals surface area contributed by atoms with Gasteiger partial charge in [-0.1, -0.05) is 18.2 Å². The van der Waals surface area contributed by atoms with Gasteiger partial charge in [-0.2, -0.15) is 0 Å². The number of hydrogen-bond acceptors (Lipinski definition) is 8. The summed E-state index contributed by atoms with van der Waals surface area (Å²) in [6, 6.07) is 8.79. The lowest BCUT2D eigenvalue weighted by Crippen LogP contribution is -2.40. The van der Waals surface area contributed by atoms with E-state index in [2.05, 4.69) is 20.9 Å². The lowest BCUT2D eigenvalue weighted by atomic mass is 10.1. The van der Waals surface area contributed by atoms with Crippen molar-refractivity contribution in [3.05, 3.63) is 83.5 Å². The number of carboxylic acid groups (broad SMARTS) is 1. The third kappa shape index (κ3) is 5.24. The number of para-hydroxylation sites is 1. The molecule has 0 amide bonds. The maximum absolute atomic E-state index is 14.1. The number of carbonyl (C=O) groups is 1. The van der Waals surface area contributed by atoms with Crippen LogP contribution in [0.4, 0.5) is 0 Å². The van der Waals surface area contributed by atoms with Crippen molar-refractivity contribution in [3.8, 4) is 11.4 Å². The SMILES string of the molecule is COc1ccccc1[C@H](Cn1c(=O)n(-c2cnc(C)c(C(=O)O)c2)c(=O)c2c(C)c(Br)sc21)OC1CCOCC1. The summed E-state index contributed by atoms with van der Waals surface area (Å²) < 4.78 is 21.0. The molecule has 1 aromatic carbocycles. The van der Waals surface area contributed by atoms with Gasteiger partial charge in [0.25, 0.3) is 5.56 Å². The van der Waals surface area contributed by atoms with E-state index < -0.39 is 23.3 Å². The molecule has 0 unspecified atom stereocenters. The lowest BCUT2D eigenvalue weighted by Gasteiger charge is -2.29. The van der Waals surface area contributed by atoms with E-state index in [-0.39, 0.29) is 29.6 Å². The second kappa shape index (κ2) is 11.7. The molecule has 3 aromatic heterocycles. The number of nitrogens with zero attached hydrogens (tertiary/aromatic N) is 3. The van der Waals surface area contributed by atoms with E-state index in [1.165, 1.54) is 28.2 Å². The maximum atomic E-state index is 14.1. The topological polar surface area (TPSA) is 122 Å². The second-order valence-corrected chi connectivity index (χ2v) is 11.8. The Balaban J connectivity index is 1.73. The second-order valence-electron chi connectivity index (χ2n) is 9.52. The Labute approximate surface area is 241 Å². The van der Waals surface area contributed by atoms with Gasteiger partial charge in [-0.15, -0.1) is 11.3 Å². The van der Waals surface area contributed by atoms with Crippen molar-refractivity contribution >= 4 is 43.5 Å². The zero-order chi connectivity index (χ0) is 28.6.